The van der Waals surface area contributed by atoms with Gasteiger partial charge in [-0.3, -0.25) is 9.10 Å². The first kappa shape index (κ1) is 22.2. The van der Waals surface area contributed by atoms with Crippen molar-refractivity contribution in [2.45, 2.75) is 52.7 Å². The van der Waals surface area contributed by atoms with Gasteiger partial charge < -0.3 is 10.1 Å². The summed E-state index contributed by atoms with van der Waals surface area (Å²) >= 11 is 0. The monoisotopic (exact) mass is 430 g/mol. The van der Waals surface area contributed by atoms with Crippen molar-refractivity contribution >= 4 is 21.6 Å². The molecule has 1 amide bonds. The smallest absolute Gasteiger partial charge is 0.241 e. The molecule has 0 saturated carbocycles. The molecule has 0 unspecified atom stereocenters. The predicted octanol–water partition coefficient (Wildman–Crippen LogP) is 3.80. The van der Waals surface area contributed by atoms with Gasteiger partial charge in [0.25, 0.3) is 0 Å². The molecule has 30 heavy (non-hydrogen) atoms. The van der Waals surface area contributed by atoms with Gasteiger partial charge in [-0.15, -0.1) is 0 Å². The van der Waals surface area contributed by atoms with E-state index < -0.39 is 15.6 Å². The molecule has 0 bridgehead atoms. The van der Waals surface area contributed by atoms with Crippen LogP contribution in [0.4, 0.5) is 5.69 Å². The van der Waals surface area contributed by atoms with Crippen LogP contribution in [0.25, 0.3) is 0 Å². The summed E-state index contributed by atoms with van der Waals surface area (Å²) in [6, 6.07) is 11.2. The van der Waals surface area contributed by atoms with E-state index in [1.54, 1.807) is 12.1 Å². The van der Waals surface area contributed by atoms with Gasteiger partial charge in [0.2, 0.25) is 15.9 Å². The first-order valence-electron chi connectivity index (χ1n) is 9.99. The number of carbonyl (C=O) groups is 1. The maximum absolute atomic E-state index is 12.9. The maximum atomic E-state index is 12.9. The number of nitrogens with one attached hydrogen (secondary N) is 1. The number of hydrogen-bond acceptors (Lipinski definition) is 4. The number of anilines is 1. The highest BCUT2D eigenvalue weighted by atomic mass is 32.2. The second-order valence-electron chi connectivity index (χ2n) is 8.84. The lowest BCUT2D eigenvalue weighted by molar-refractivity contribution is -0.120. The average Bonchev–Trinajstić information content (AvgIpc) is 2.56. The number of benzene rings is 2. The third kappa shape index (κ3) is 5.14. The molecule has 6 nitrogen and oxygen atoms in total. The normalized spacial score (nSPS) is 17.6. The van der Waals surface area contributed by atoms with E-state index in [2.05, 4.69) is 5.32 Å². The van der Waals surface area contributed by atoms with Crippen LogP contribution in [0.2, 0.25) is 0 Å². The fourth-order valence-corrected chi connectivity index (χ4v) is 4.79. The van der Waals surface area contributed by atoms with E-state index in [0.717, 1.165) is 38.6 Å². The SMILES string of the molecule is Cc1cc(C)cc(N(CC(=O)N[C@H]2CC(C)(C)Oc3cc(C)ccc32)S(C)(=O)=O)c1. The van der Waals surface area contributed by atoms with E-state index in [1.807, 2.05) is 58.9 Å². The van der Waals surface area contributed by atoms with Crippen LogP contribution in [0.1, 0.15) is 48.6 Å². The summed E-state index contributed by atoms with van der Waals surface area (Å²) in [6.45, 7) is 9.49. The van der Waals surface area contributed by atoms with Crippen molar-refractivity contribution in [1.29, 1.82) is 0 Å². The molecule has 1 atom stereocenters. The van der Waals surface area contributed by atoms with E-state index in [0.29, 0.717) is 12.1 Å². The summed E-state index contributed by atoms with van der Waals surface area (Å²) in [5.74, 6) is 0.402. The van der Waals surface area contributed by atoms with E-state index in [4.69, 9.17) is 4.74 Å². The van der Waals surface area contributed by atoms with Gasteiger partial charge in [0, 0.05) is 12.0 Å². The van der Waals surface area contributed by atoms with Gasteiger partial charge >= 0.3 is 0 Å². The largest absolute Gasteiger partial charge is 0.487 e. The number of ether oxygens (including phenoxy) is 1. The molecule has 0 fully saturated rings. The lowest BCUT2D eigenvalue weighted by Crippen LogP contribution is -2.45. The van der Waals surface area contributed by atoms with Gasteiger partial charge in [0.15, 0.2) is 0 Å². The number of fused-ring (bicyclic) bond motifs is 1. The van der Waals surface area contributed by atoms with E-state index in [1.165, 1.54) is 0 Å². The molecule has 0 aliphatic carbocycles. The highest BCUT2D eigenvalue weighted by molar-refractivity contribution is 7.92. The number of sulfonamides is 1. The minimum absolute atomic E-state index is 0.252. The van der Waals surface area contributed by atoms with Gasteiger partial charge in [-0.05, 0) is 69.5 Å². The van der Waals surface area contributed by atoms with Crippen molar-refractivity contribution in [1.82, 2.24) is 5.32 Å². The van der Waals surface area contributed by atoms with E-state index >= 15 is 0 Å². The highest BCUT2D eigenvalue weighted by Gasteiger charge is 2.35. The molecule has 1 heterocycles. The molecule has 1 N–H and O–H groups in total. The first-order chi connectivity index (χ1) is 13.8. The van der Waals surface area contributed by atoms with Crippen LogP contribution in [0.15, 0.2) is 36.4 Å². The Balaban J connectivity index is 1.86. The summed E-state index contributed by atoms with van der Waals surface area (Å²) in [4.78, 5) is 12.9. The van der Waals surface area contributed by atoms with Crippen LogP contribution in [-0.4, -0.2) is 32.7 Å². The molecule has 0 aromatic heterocycles. The van der Waals surface area contributed by atoms with Gasteiger partial charge in [0.1, 0.15) is 17.9 Å². The lowest BCUT2D eigenvalue weighted by atomic mass is 9.89. The molecule has 2 aromatic rings. The van der Waals surface area contributed by atoms with Crippen molar-refractivity contribution in [3.05, 3.63) is 58.7 Å². The third-order valence-electron chi connectivity index (χ3n) is 5.14. The number of aryl methyl sites for hydroxylation is 3. The molecule has 0 radical (unpaired) electrons. The predicted molar refractivity (Wildman–Crippen MR) is 119 cm³/mol. The maximum Gasteiger partial charge on any atom is 0.241 e. The quantitative estimate of drug-likeness (QED) is 0.783. The Hall–Kier alpha value is -2.54. The van der Waals surface area contributed by atoms with Crippen molar-refractivity contribution < 1.29 is 17.9 Å². The van der Waals surface area contributed by atoms with Crippen LogP contribution in [0, 0.1) is 20.8 Å². The highest BCUT2D eigenvalue weighted by Crippen LogP contribution is 2.39. The van der Waals surface area contributed by atoms with Gasteiger partial charge in [0.05, 0.1) is 18.0 Å². The second-order valence-corrected chi connectivity index (χ2v) is 10.7. The van der Waals surface area contributed by atoms with Crippen LogP contribution >= 0.6 is 0 Å². The van der Waals surface area contributed by atoms with Gasteiger partial charge in [-0.25, -0.2) is 8.42 Å². The topological polar surface area (TPSA) is 75.7 Å². The van der Waals surface area contributed by atoms with Crippen LogP contribution < -0.4 is 14.4 Å². The molecule has 162 valence electrons. The van der Waals surface area contributed by atoms with E-state index in [-0.39, 0.29) is 18.5 Å². The number of nitrogens with zero attached hydrogens (tertiary/aromatic N) is 1. The molecule has 7 heteroatoms. The number of rotatable bonds is 5. The number of carbonyl (C=O) groups excluding carboxylic acids is 1. The van der Waals surface area contributed by atoms with Crippen molar-refractivity contribution in [2.24, 2.45) is 0 Å². The first-order valence-corrected chi connectivity index (χ1v) is 11.8. The van der Waals surface area contributed by atoms with Crippen molar-refractivity contribution in [2.75, 3.05) is 17.1 Å². The van der Waals surface area contributed by atoms with Crippen LogP contribution in [-0.2, 0) is 14.8 Å². The Labute approximate surface area is 179 Å². The standard InChI is InChI=1S/C23H30N2O4S/c1-15-7-8-19-20(13-23(4,5)29-21(19)12-15)24-22(26)14-25(30(6,27)28)18-10-16(2)9-17(3)11-18/h7-12,20H,13-14H2,1-6H3,(H,24,26)/t20-/m0/s1. The summed E-state index contributed by atoms with van der Waals surface area (Å²) in [5.41, 5.74) is 3.92. The Morgan fingerprint density at radius 1 is 1.10 bits per heavy atom. The molecule has 3 rings (SSSR count). The number of hydrogen-bond donors (Lipinski definition) is 1. The summed E-state index contributed by atoms with van der Waals surface area (Å²) in [5, 5.41) is 3.03. The Kier molecular flexibility index (Phi) is 5.87. The minimum Gasteiger partial charge on any atom is -0.487 e. The molecule has 0 saturated heterocycles. The fourth-order valence-electron chi connectivity index (χ4n) is 3.95. The van der Waals surface area contributed by atoms with Gasteiger partial charge in [-0.2, -0.15) is 0 Å². The molecule has 0 spiro atoms. The number of amides is 1. The van der Waals surface area contributed by atoms with E-state index in [9.17, 15) is 13.2 Å². The zero-order valence-corrected chi connectivity index (χ0v) is 19.3. The summed E-state index contributed by atoms with van der Waals surface area (Å²) in [6.07, 6.45) is 1.71. The van der Waals surface area contributed by atoms with Crippen LogP contribution in [0.5, 0.6) is 5.75 Å². The zero-order chi connectivity index (χ0) is 22.3. The molecule has 1 aliphatic heterocycles. The van der Waals surface area contributed by atoms with Gasteiger partial charge in [-0.1, -0.05) is 18.2 Å². The second kappa shape index (κ2) is 7.95. The Morgan fingerprint density at radius 3 is 2.33 bits per heavy atom. The zero-order valence-electron chi connectivity index (χ0n) is 18.4. The molecular weight excluding hydrogens is 400 g/mol. The Bertz CT molecular complexity index is 1060. The Morgan fingerprint density at radius 2 is 1.73 bits per heavy atom. The van der Waals surface area contributed by atoms with Crippen molar-refractivity contribution in [3.63, 3.8) is 0 Å². The lowest BCUT2D eigenvalue weighted by Gasteiger charge is -2.38. The van der Waals surface area contributed by atoms with Crippen LogP contribution in [0.3, 0.4) is 0 Å². The molecular formula is C23H30N2O4S. The average molecular weight is 431 g/mol. The fraction of sp³-hybridized carbons (Fsp3) is 0.435. The minimum atomic E-state index is -3.63. The molecule has 1 aliphatic rings. The third-order valence-corrected chi connectivity index (χ3v) is 6.28. The van der Waals surface area contributed by atoms with Crippen molar-refractivity contribution in [3.8, 4) is 5.75 Å². The summed E-state index contributed by atoms with van der Waals surface area (Å²) < 4.78 is 32.1. The summed E-state index contributed by atoms with van der Waals surface area (Å²) in [7, 11) is -3.63. The molecule has 2 aromatic carbocycles.